The molecule has 1 rings (SSSR count). The third-order valence-electron chi connectivity index (χ3n) is 2.18. The number of nitrogens with two attached hydrogens (primary N) is 1. The minimum atomic E-state index is -0.687. The Morgan fingerprint density at radius 3 is 2.50 bits per heavy atom. The number of aliphatic carboxylic acids is 1. The summed E-state index contributed by atoms with van der Waals surface area (Å²) in [6, 6.07) is 0.109. The van der Waals surface area contributed by atoms with Gasteiger partial charge in [-0.3, -0.25) is 4.79 Å². The Bertz CT molecular complexity index is 165. The maximum absolute atomic E-state index is 10.8. The van der Waals surface area contributed by atoms with E-state index >= 15 is 0 Å². The molecule has 0 aromatic heterocycles. The first-order valence-electron chi connectivity index (χ1n) is 3.59. The number of carboxylic acids is 1. The second-order valence-corrected chi connectivity index (χ2v) is 4.05. The standard InChI is InChI=1S/C7H13NO2S.ClH/c1-11-4-7(6(9)10)2-5(8)3-7;/h5H,2-4,8H2,1H3,(H,9,10);1H. The molecule has 0 spiro atoms. The van der Waals surface area contributed by atoms with Crippen LogP contribution >= 0.6 is 24.2 Å². The molecule has 1 fully saturated rings. The van der Waals surface area contributed by atoms with Gasteiger partial charge in [0.2, 0.25) is 0 Å². The number of rotatable bonds is 3. The number of carboxylic acid groups (broad SMARTS) is 1. The van der Waals surface area contributed by atoms with Gasteiger partial charge in [0.25, 0.3) is 0 Å². The average molecular weight is 212 g/mol. The molecule has 1 aliphatic carbocycles. The van der Waals surface area contributed by atoms with E-state index in [1.807, 2.05) is 6.26 Å². The topological polar surface area (TPSA) is 63.3 Å². The third-order valence-corrected chi connectivity index (χ3v) is 3.02. The number of carbonyl (C=O) groups is 1. The highest BCUT2D eigenvalue weighted by Gasteiger charge is 2.48. The average Bonchev–Trinajstić information content (AvgIpc) is 1.84. The molecular formula is C7H14ClNO2S. The van der Waals surface area contributed by atoms with Crippen LogP contribution in [-0.4, -0.2) is 29.1 Å². The van der Waals surface area contributed by atoms with Gasteiger partial charge in [-0.05, 0) is 19.1 Å². The summed E-state index contributed by atoms with van der Waals surface area (Å²) in [6.45, 7) is 0. The largest absolute Gasteiger partial charge is 0.481 e. The molecule has 1 saturated carbocycles. The summed E-state index contributed by atoms with van der Waals surface area (Å²) >= 11 is 1.58. The molecular weight excluding hydrogens is 198 g/mol. The van der Waals surface area contributed by atoms with Crippen LogP contribution in [0.4, 0.5) is 0 Å². The number of hydrogen-bond donors (Lipinski definition) is 2. The van der Waals surface area contributed by atoms with E-state index in [0.29, 0.717) is 18.6 Å². The number of halogens is 1. The van der Waals surface area contributed by atoms with Gasteiger partial charge in [0.05, 0.1) is 5.41 Å². The van der Waals surface area contributed by atoms with E-state index < -0.39 is 11.4 Å². The highest BCUT2D eigenvalue weighted by atomic mass is 35.5. The first-order valence-corrected chi connectivity index (χ1v) is 4.98. The van der Waals surface area contributed by atoms with Crippen molar-refractivity contribution in [2.45, 2.75) is 18.9 Å². The van der Waals surface area contributed by atoms with E-state index in [9.17, 15) is 4.79 Å². The molecule has 0 heterocycles. The SMILES string of the molecule is CSCC1(C(=O)O)CC(N)C1.Cl. The minimum absolute atomic E-state index is 0. The molecule has 0 bridgehead atoms. The van der Waals surface area contributed by atoms with E-state index in [-0.39, 0.29) is 18.4 Å². The van der Waals surface area contributed by atoms with Gasteiger partial charge in [0.1, 0.15) is 0 Å². The highest BCUT2D eigenvalue weighted by Crippen LogP contribution is 2.42. The molecule has 12 heavy (non-hydrogen) atoms. The Labute approximate surface area is 82.5 Å². The lowest BCUT2D eigenvalue weighted by atomic mass is 9.67. The lowest BCUT2D eigenvalue weighted by Gasteiger charge is -2.42. The van der Waals surface area contributed by atoms with Crippen LogP contribution < -0.4 is 5.73 Å². The van der Waals surface area contributed by atoms with Gasteiger partial charge in [0.15, 0.2) is 0 Å². The van der Waals surface area contributed by atoms with Gasteiger partial charge in [-0.15, -0.1) is 12.4 Å². The van der Waals surface area contributed by atoms with Crippen molar-refractivity contribution in [1.29, 1.82) is 0 Å². The Morgan fingerprint density at radius 2 is 2.25 bits per heavy atom. The summed E-state index contributed by atoms with van der Waals surface area (Å²) in [5.41, 5.74) is 5.05. The summed E-state index contributed by atoms with van der Waals surface area (Å²) in [6.07, 6.45) is 3.21. The summed E-state index contributed by atoms with van der Waals surface area (Å²) in [5, 5.41) is 8.86. The molecule has 72 valence electrons. The fourth-order valence-electron chi connectivity index (χ4n) is 1.57. The van der Waals surface area contributed by atoms with Crippen molar-refractivity contribution in [1.82, 2.24) is 0 Å². The molecule has 0 radical (unpaired) electrons. The van der Waals surface area contributed by atoms with Gasteiger partial charge >= 0.3 is 5.97 Å². The Kier molecular flexibility index (Phi) is 4.37. The van der Waals surface area contributed by atoms with E-state index in [2.05, 4.69) is 0 Å². The predicted molar refractivity (Wildman–Crippen MR) is 52.9 cm³/mol. The van der Waals surface area contributed by atoms with Crippen LogP contribution in [0.25, 0.3) is 0 Å². The van der Waals surface area contributed by atoms with Gasteiger partial charge in [-0.1, -0.05) is 0 Å². The second kappa shape index (κ2) is 4.35. The first kappa shape index (κ1) is 12.1. The molecule has 1 aliphatic rings. The van der Waals surface area contributed by atoms with Crippen molar-refractivity contribution in [3.8, 4) is 0 Å². The van der Waals surface area contributed by atoms with E-state index in [4.69, 9.17) is 10.8 Å². The predicted octanol–water partition coefficient (Wildman–Crippen LogP) is 0.963. The van der Waals surface area contributed by atoms with E-state index in [0.717, 1.165) is 0 Å². The molecule has 0 amide bonds. The van der Waals surface area contributed by atoms with E-state index in [1.54, 1.807) is 11.8 Å². The first-order chi connectivity index (χ1) is 5.10. The fourth-order valence-corrected chi connectivity index (χ4v) is 2.49. The lowest BCUT2D eigenvalue weighted by molar-refractivity contribution is -0.153. The van der Waals surface area contributed by atoms with Gasteiger partial charge in [0, 0.05) is 11.8 Å². The molecule has 0 aliphatic heterocycles. The summed E-state index contributed by atoms with van der Waals surface area (Å²) < 4.78 is 0. The van der Waals surface area contributed by atoms with Gasteiger partial charge < -0.3 is 10.8 Å². The quantitative estimate of drug-likeness (QED) is 0.730. The Balaban J connectivity index is 0.00000121. The van der Waals surface area contributed by atoms with Crippen molar-refractivity contribution in [3.05, 3.63) is 0 Å². The minimum Gasteiger partial charge on any atom is -0.481 e. The van der Waals surface area contributed by atoms with Gasteiger partial charge in [-0.2, -0.15) is 11.8 Å². The highest BCUT2D eigenvalue weighted by molar-refractivity contribution is 7.98. The summed E-state index contributed by atoms with van der Waals surface area (Å²) in [7, 11) is 0. The molecule has 0 atom stereocenters. The monoisotopic (exact) mass is 211 g/mol. The van der Waals surface area contributed by atoms with Crippen molar-refractivity contribution in [2.24, 2.45) is 11.1 Å². The molecule has 5 heteroatoms. The van der Waals surface area contributed by atoms with Crippen molar-refractivity contribution >= 4 is 30.1 Å². The zero-order chi connectivity index (χ0) is 8.48. The van der Waals surface area contributed by atoms with Crippen LogP contribution in [0.3, 0.4) is 0 Å². The normalized spacial score (nSPS) is 33.3. The fraction of sp³-hybridized carbons (Fsp3) is 0.857. The molecule has 0 aromatic carbocycles. The van der Waals surface area contributed by atoms with Crippen LogP contribution in [-0.2, 0) is 4.79 Å². The van der Waals surface area contributed by atoms with Crippen molar-refractivity contribution in [3.63, 3.8) is 0 Å². The molecule has 3 N–H and O–H groups in total. The molecule has 3 nitrogen and oxygen atoms in total. The Morgan fingerprint density at radius 1 is 1.75 bits per heavy atom. The van der Waals surface area contributed by atoms with Crippen molar-refractivity contribution < 1.29 is 9.90 Å². The molecule has 0 unspecified atom stereocenters. The zero-order valence-corrected chi connectivity index (χ0v) is 8.58. The maximum Gasteiger partial charge on any atom is 0.310 e. The second-order valence-electron chi connectivity index (χ2n) is 3.19. The van der Waals surface area contributed by atoms with Crippen LogP contribution in [0.5, 0.6) is 0 Å². The van der Waals surface area contributed by atoms with Crippen LogP contribution in [0.1, 0.15) is 12.8 Å². The molecule has 0 aromatic rings. The summed E-state index contributed by atoms with van der Waals surface area (Å²) in [4.78, 5) is 10.8. The van der Waals surface area contributed by atoms with Crippen LogP contribution in [0, 0.1) is 5.41 Å². The number of thioether (sulfide) groups is 1. The van der Waals surface area contributed by atoms with Crippen LogP contribution in [0.2, 0.25) is 0 Å². The number of hydrogen-bond acceptors (Lipinski definition) is 3. The van der Waals surface area contributed by atoms with Crippen LogP contribution in [0.15, 0.2) is 0 Å². The van der Waals surface area contributed by atoms with Crippen molar-refractivity contribution in [2.75, 3.05) is 12.0 Å². The molecule has 0 saturated heterocycles. The zero-order valence-electron chi connectivity index (χ0n) is 6.95. The van der Waals surface area contributed by atoms with E-state index in [1.165, 1.54) is 0 Å². The summed E-state index contributed by atoms with van der Waals surface area (Å²) in [5.74, 6) is 0.00398. The van der Waals surface area contributed by atoms with Gasteiger partial charge in [-0.25, -0.2) is 0 Å². The lowest BCUT2D eigenvalue weighted by Crippen LogP contribution is -2.52. The third kappa shape index (κ3) is 2.06. The smallest absolute Gasteiger partial charge is 0.310 e. The Hall–Kier alpha value is 0.0700. The maximum atomic E-state index is 10.8.